The zero-order chi connectivity index (χ0) is 38.5. The van der Waals surface area contributed by atoms with Crippen molar-refractivity contribution in [2.75, 3.05) is 0 Å². The molecule has 272 valence electrons. The van der Waals surface area contributed by atoms with E-state index in [0.717, 1.165) is 33.1 Å². The molecule has 10 aromatic carbocycles. The summed E-state index contributed by atoms with van der Waals surface area (Å²) in [5.41, 5.74) is 17.0. The Hall–Kier alpha value is -7.22. The molecular formula is C57H38O. The van der Waals surface area contributed by atoms with Crippen LogP contribution in [0, 0.1) is 0 Å². The highest BCUT2D eigenvalue weighted by Gasteiger charge is 2.38. The van der Waals surface area contributed by atoms with Crippen molar-refractivity contribution in [1.29, 1.82) is 0 Å². The van der Waals surface area contributed by atoms with Crippen molar-refractivity contribution in [3.63, 3.8) is 0 Å². The highest BCUT2D eigenvalue weighted by molar-refractivity contribution is 6.22. The maximum absolute atomic E-state index is 6.42. The summed E-state index contributed by atoms with van der Waals surface area (Å²) in [5, 5.41) is 9.89. The van der Waals surface area contributed by atoms with Gasteiger partial charge in [0.2, 0.25) is 0 Å². The second-order valence-electron chi connectivity index (χ2n) is 16.3. The number of benzene rings is 10. The predicted octanol–water partition coefficient (Wildman–Crippen LogP) is 16.0. The van der Waals surface area contributed by atoms with E-state index in [1.165, 1.54) is 88.0 Å². The maximum Gasteiger partial charge on any atom is 0.143 e. The third-order valence-corrected chi connectivity index (χ3v) is 12.9. The van der Waals surface area contributed by atoms with E-state index in [9.17, 15) is 0 Å². The lowest BCUT2D eigenvalue weighted by atomic mass is 9.81. The van der Waals surface area contributed by atoms with Crippen LogP contribution in [0.2, 0.25) is 0 Å². The molecule has 1 heterocycles. The maximum atomic E-state index is 6.42. The van der Waals surface area contributed by atoms with Crippen LogP contribution >= 0.6 is 0 Å². The summed E-state index contributed by atoms with van der Waals surface area (Å²) in [6.45, 7) is 4.75. The Bertz CT molecular complexity index is 3410. The molecule has 0 bridgehead atoms. The van der Waals surface area contributed by atoms with Crippen LogP contribution in [-0.4, -0.2) is 0 Å². The number of rotatable bonds is 4. The second-order valence-corrected chi connectivity index (χ2v) is 16.3. The van der Waals surface area contributed by atoms with Crippen molar-refractivity contribution in [3.05, 3.63) is 205 Å². The first-order valence-electron chi connectivity index (χ1n) is 20.3. The number of para-hydroxylation sites is 2. The Balaban J connectivity index is 1.03. The molecule has 1 aromatic heterocycles. The van der Waals surface area contributed by atoms with Gasteiger partial charge in [0, 0.05) is 21.8 Å². The molecule has 1 heteroatoms. The topological polar surface area (TPSA) is 13.1 Å². The van der Waals surface area contributed by atoms with Crippen molar-refractivity contribution >= 4 is 54.3 Å². The first-order valence-corrected chi connectivity index (χ1v) is 20.3. The van der Waals surface area contributed by atoms with Gasteiger partial charge in [-0.15, -0.1) is 0 Å². The lowest BCUT2D eigenvalue weighted by Crippen LogP contribution is -2.14. The highest BCUT2D eigenvalue weighted by atomic mass is 16.3. The molecule has 0 saturated heterocycles. The SMILES string of the molecule is CC1(C)c2cccc(-c3cccc(-c4c5ccccc5c(-c5ccc(-c6cccc7c6oc6ccccc67)cc5)c5ccccc45)c3)c2-c2c1ccc1ccccc21. The molecule has 12 rings (SSSR count). The van der Waals surface area contributed by atoms with E-state index in [0.29, 0.717) is 0 Å². The Kier molecular flexibility index (Phi) is 7.04. The molecule has 0 saturated carbocycles. The van der Waals surface area contributed by atoms with Crippen molar-refractivity contribution in [1.82, 2.24) is 0 Å². The van der Waals surface area contributed by atoms with Crippen molar-refractivity contribution in [3.8, 4) is 55.6 Å². The number of hydrogen-bond acceptors (Lipinski definition) is 1. The van der Waals surface area contributed by atoms with Gasteiger partial charge in [0.25, 0.3) is 0 Å². The molecule has 0 amide bonds. The molecule has 0 spiro atoms. The monoisotopic (exact) mass is 738 g/mol. The predicted molar refractivity (Wildman–Crippen MR) is 246 cm³/mol. The molecule has 1 nitrogen and oxygen atoms in total. The lowest BCUT2D eigenvalue weighted by Gasteiger charge is -2.22. The summed E-state index contributed by atoms with van der Waals surface area (Å²) in [7, 11) is 0. The Morgan fingerprint density at radius 1 is 0.328 bits per heavy atom. The Labute approximate surface area is 337 Å². The lowest BCUT2D eigenvalue weighted by molar-refractivity contribution is 0.661. The number of fused-ring (bicyclic) bond motifs is 10. The summed E-state index contributed by atoms with van der Waals surface area (Å²) in [4.78, 5) is 0. The molecule has 0 fully saturated rings. The molecule has 0 unspecified atom stereocenters. The molecule has 0 radical (unpaired) electrons. The van der Waals surface area contributed by atoms with Crippen LogP contribution in [0.5, 0.6) is 0 Å². The summed E-state index contributed by atoms with van der Waals surface area (Å²) < 4.78 is 6.42. The fourth-order valence-electron chi connectivity index (χ4n) is 10.2. The Morgan fingerprint density at radius 2 is 0.862 bits per heavy atom. The van der Waals surface area contributed by atoms with E-state index in [4.69, 9.17) is 4.42 Å². The van der Waals surface area contributed by atoms with Crippen LogP contribution in [-0.2, 0) is 5.41 Å². The normalized spacial score (nSPS) is 13.1. The minimum atomic E-state index is -0.0937. The van der Waals surface area contributed by atoms with E-state index >= 15 is 0 Å². The van der Waals surface area contributed by atoms with Gasteiger partial charge in [-0.25, -0.2) is 0 Å². The van der Waals surface area contributed by atoms with E-state index < -0.39 is 0 Å². The number of furan rings is 1. The van der Waals surface area contributed by atoms with E-state index in [-0.39, 0.29) is 5.41 Å². The summed E-state index contributed by atoms with van der Waals surface area (Å²) in [6, 6.07) is 71.4. The fourth-order valence-corrected chi connectivity index (χ4v) is 10.2. The van der Waals surface area contributed by atoms with Gasteiger partial charge in [0.1, 0.15) is 11.2 Å². The molecule has 0 aliphatic heterocycles. The molecule has 1 aliphatic rings. The molecule has 1 aliphatic carbocycles. The molecule has 0 N–H and O–H groups in total. The summed E-state index contributed by atoms with van der Waals surface area (Å²) in [5.74, 6) is 0. The molecule has 11 aromatic rings. The van der Waals surface area contributed by atoms with Gasteiger partial charge < -0.3 is 4.42 Å². The van der Waals surface area contributed by atoms with Crippen LogP contribution in [0.1, 0.15) is 25.0 Å². The van der Waals surface area contributed by atoms with Crippen molar-refractivity contribution in [2.24, 2.45) is 0 Å². The minimum Gasteiger partial charge on any atom is -0.455 e. The van der Waals surface area contributed by atoms with E-state index in [1.54, 1.807) is 0 Å². The molecule has 0 atom stereocenters. The summed E-state index contributed by atoms with van der Waals surface area (Å²) >= 11 is 0. The fraction of sp³-hybridized carbons (Fsp3) is 0.0526. The third kappa shape index (κ3) is 4.71. The zero-order valence-corrected chi connectivity index (χ0v) is 32.4. The van der Waals surface area contributed by atoms with Gasteiger partial charge in [-0.1, -0.05) is 196 Å². The Morgan fingerprint density at radius 3 is 1.60 bits per heavy atom. The summed E-state index contributed by atoms with van der Waals surface area (Å²) in [6.07, 6.45) is 0. The second kappa shape index (κ2) is 12.4. The van der Waals surface area contributed by atoms with Crippen LogP contribution in [0.15, 0.2) is 199 Å². The highest BCUT2D eigenvalue weighted by Crippen LogP contribution is 2.55. The molecule has 58 heavy (non-hydrogen) atoms. The average molecular weight is 739 g/mol. The quantitative estimate of drug-likeness (QED) is 0.164. The van der Waals surface area contributed by atoms with E-state index in [1.807, 2.05) is 12.1 Å². The number of hydrogen-bond donors (Lipinski definition) is 0. The van der Waals surface area contributed by atoms with Gasteiger partial charge in [0.05, 0.1) is 0 Å². The standard InChI is InChI=1S/C57H38O/c1-57(2)49-26-13-23-41(55(49)54-40-17-4-3-14-35(40)32-33-50(54)57)38-15-11-16-39(34-38)53-46-21-7-5-19-44(46)52(45-20-6-8-22-47(45)53)37-30-28-36(29-31-37)42-24-12-25-48-43-18-9-10-27-51(43)58-56(42)48/h3-34H,1-2H3. The largest absolute Gasteiger partial charge is 0.455 e. The van der Waals surface area contributed by atoms with Gasteiger partial charge in [-0.2, -0.15) is 0 Å². The smallest absolute Gasteiger partial charge is 0.143 e. The minimum absolute atomic E-state index is 0.0937. The zero-order valence-electron chi connectivity index (χ0n) is 32.4. The molecular weight excluding hydrogens is 701 g/mol. The van der Waals surface area contributed by atoms with Gasteiger partial charge in [0.15, 0.2) is 0 Å². The van der Waals surface area contributed by atoms with Crippen LogP contribution in [0.3, 0.4) is 0 Å². The average Bonchev–Trinajstić information content (AvgIpc) is 3.78. The van der Waals surface area contributed by atoms with E-state index in [2.05, 4.69) is 196 Å². The van der Waals surface area contributed by atoms with Crippen molar-refractivity contribution in [2.45, 2.75) is 19.3 Å². The van der Waals surface area contributed by atoms with Gasteiger partial charge in [-0.3, -0.25) is 0 Å². The van der Waals surface area contributed by atoms with Gasteiger partial charge >= 0.3 is 0 Å². The first kappa shape index (κ1) is 33.0. The van der Waals surface area contributed by atoms with Crippen molar-refractivity contribution < 1.29 is 4.42 Å². The van der Waals surface area contributed by atoms with Crippen LogP contribution in [0.25, 0.3) is 110 Å². The van der Waals surface area contributed by atoms with Crippen LogP contribution in [0.4, 0.5) is 0 Å². The van der Waals surface area contributed by atoms with Gasteiger partial charge in [-0.05, 0) is 106 Å². The first-order chi connectivity index (χ1) is 28.5. The van der Waals surface area contributed by atoms with Crippen LogP contribution < -0.4 is 0 Å². The third-order valence-electron chi connectivity index (χ3n) is 12.9.